The molecule has 2 unspecified atom stereocenters. The van der Waals surface area contributed by atoms with Crippen molar-refractivity contribution in [3.8, 4) is 0 Å². The summed E-state index contributed by atoms with van der Waals surface area (Å²) in [6.07, 6.45) is 1.06. The number of hydrogen-bond donors (Lipinski definition) is 0. The van der Waals surface area contributed by atoms with E-state index in [2.05, 4.69) is 52.3 Å². The van der Waals surface area contributed by atoms with Gasteiger partial charge in [-0.1, -0.05) is 60.7 Å². The minimum Gasteiger partial charge on any atom is -0.338 e. The van der Waals surface area contributed by atoms with Crippen LogP contribution in [0.4, 0.5) is 0 Å². The molecule has 0 aromatic heterocycles. The zero-order valence-electron chi connectivity index (χ0n) is 14.0. The molecule has 0 spiro atoms. The summed E-state index contributed by atoms with van der Waals surface area (Å²) in [6, 6.07) is 20.9. The molecular weight excluding hydrogens is 296 g/mol. The van der Waals surface area contributed by atoms with E-state index >= 15 is 0 Å². The Morgan fingerprint density at radius 1 is 0.792 bits per heavy atom. The average Bonchev–Trinajstić information content (AvgIpc) is 2.61. The number of piperidine rings is 2. The van der Waals surface area contributed by atoms with Gasteiger partial charge in [0.2, 0.25) is 5.91 Å². The van der Waals surface area contributed by atoms with Crippen LogP contribution >= 0.6 is 0 Å². The van der Waals surface area contributed by atoms with E-state index in [9.17, 15) is 4.79 Å². The number of benzene rings is 2. The fourth-order valence-corrected chi connectivity index (χ4v) is 4.19. The topological polar surface area (TPSA) is 23.6 Å². The Morgan fingerprint density at radius 2 is 1.42 bits per heavy atom. The molecule has 0 radical (unpaired) electrons. The number of carbonyl (C=O) groups is 1. The maximum absolute atomic E-state index is 12.8. The van der Waals surface area contributed by atoms with E-state index in [1.54, 1.807) is 0 Å². The van der Waals surface area contributed by atoms with Gasteiger partial charge in [0, 0.05) is 32.7 Å². The van der Waals surface area contributed by atoms with Crippen LogP contribution in [0.25, 0.3) is 0 Å². The van der Waals surface area contributed by atoms with Crippen molar-refractivity contribution < 1.29 is 4.79 Å². The van der Waals surface area contributed by atoms with Crippen LogP contribution in [-0.4, -0.2) is 35.3 Å². The molecule has 2 atom stereocenters. The molecule has 2 aliphatic heterocycles. The Labute approximate surface area is 143 Å². The highest BCUT2D eigenvalue weighted by Crippen LogP contribution is 2.31. The first-order chi connectivity index (χ1) is 11.8. The van der Waals surface area contributed by atoms with Crippen LogP contribution in [0.2, 0.25) is 0 Å². The first-order valence-electron chi connectivity index (χ1n) is 8.87. The Hall–Kier alpha value is -2.13. The summed E-state index contributed by atoms with van der Waals surface area (Å²) in [4.78, 5) is 17.4. The van der Waals surface area contributed by atoms with Crippen molar-refractivity contribution in [3.63, 3.8) is 0 Å². The Morgan fingerprint density at radius 3 is 2.08 bits per heavy atom. The van der Waals surface area contributed by atoms with Crippen molar-refractivity contribution in [2.75, 3.05) is 19.6 Å². The van der Waals surface area contributed by atoms with Crippen molar-refractivity contribution in [3.05, 3.63) is 71.8 Å². The van der Waals surface area contributed by atoms with Gasteiger partial charge in [0.15, 0.2) is 0 Å². The molecule has 0 saturated carbocycles. The van der Waals surface area contributed by atoms with Crippen LogP contribution in [0.3, 0.4) is 0 Å². The largest absolute Gasteiger partial charge is 0.338 e. The van der Waals surface area contributed by atoms with Crippen LogP contribution in [-0.2, 0) is 17.9 Å². The van der Waals surface area contributed by atoms with Crippen molar-refractivity contribution in [1.82, 2.24) is 9.80 Å². The zero-order valence-corrected chi connectivity index (χ0v) is 14.0. The van der Waals surface area contributed by atoms with Crippen LogP contribution in [0.15, 0.2) is 60.7 Å². The minimum atomic E-state index is 0.171. The van der Waals surface area contributed by atoms with Gasteiger partial charge in [-0.15, -0.1) is 0 Å². The molecule has 1 amide bonds. The van der Waals surface area contributed by atoms with Crippen molar-refractivity contribution in [2.45, 2.75) is 19.5 Å². The summed E-state index contributed by atoms with van der Waals surface area (Å²) in [5.41, 5.74) is 2.57. The second-order valence-electron chi connectivity index (χ2n) is 7.18. The van der Waals surface area contributed by atoms with Crippen LogP contribution in [0, 0.1) is 11.8 Å². The highest BCUT2D eigenvalue weighted by molar-refractivity contribution is 5.80. The smallest absolute Gasteiger partial charge is 0.227 e. The Bertz CT molecular complexity index is 685. The molecule has 2 heterocycles. The predicted molar refractivity (Wildman–Crippen MR) is 95.2 cm³/mol. The number of rotatable bonds is 4. The third kappa shape index (κ3) is 3.36. The first-order valence-corrected chi connectivity index (χ1v) is 8.87. The van der Waals surface area contributed by atoms with Crippen LogP contribution in [0.5, 0.6) is 0 Å². The summed E-state index contributed by atoms with van der Waals surface area (Å²) >= 11 is 0. The van der Waals surface area contributed by atoms with Crippen molar-refractivity contribution >= 4 is 5.91 Å². The molecule has 0 N–H and O–H groups in total. The van der Waals surface area contributed by atoms with Crippen LogP contribution < -0.4 is 0 Å². The van der Waals surface area contributed by atoms with Gasteiger partial charge in [0.05, 0.1) is 5.92 Å². The van der Waals surface area contributed by atoms with Crippen molar-refractivity contribution in [1.29, 1.82) is 0 Å². The van der Waals surface area contributed by atoms with Gasteiger partial charge in [-0.05, 0) is 23.5 Å². The van der Waals surface area contributed by atoms with E-state index in [1.807, 2.05) is 18.2 Å². The summed E-state index contributed by atoms with van der Waals surface area (Å²) in [7, 11) is 0. The Kier molecular flexibility index (Phi) is 4.35. The number of likely N-dealkylation sites (tertiary alicyclic amines) is 2. The minimum absolute atomic E-state index is 0.171. The van der Waals surface area contributed by atoms with E-state index in [4.69, 9.17) is 0 Å². The number of fused-ring (bicyclic) bond motifs is 2. The molecule has 2 bridgehead atoms. The molecule has 2 aliphatic rings. The molecule has 0 aliphatic carbocycles. The fourth-order valence-electron chi connectivity index (χ4n) is 4.19. The van der Waals surface area contributed by atoms with E-state index in [-0.39, 0.29) is 5.92 Å². The molecule has 2 aromatic rings. The van der Waals surface area contributed by atoms with Gasteiger partial charge in [-0.3, -0.25) is 9.69 Å². The van der Waals surface area contributed by atoms with Crippen LogP contribution in [0.1, 0.15) is 17.5 Å². The molecule has 2 aromatic carbocycles. The lowest BCUT2D eigenvalue weighted by molar-refractivity contribution is -0.145. The third-order valence-corrected chi connectivity index (χ3v) is 5.22. The van der Waals surface area contributed by atoms with E-state index < -0.39 is 0 Å². The van der Waals surface area contributed by atoms with E-state index in [0.29, 0.717) is 11.8 Å². The lowest BCUT2D eigenvalue weighted by atomic mass is 9.83. The second kappa shape index (κ2) is 6.78. The van der Waals surface area contributed by atoms with Gasteiger partial charge < -0.3 is 4.90 Å². The standard InChI is InChI=1S/C21H24N2O/c24-21-20-11-19(15-23(21)14-18-9-5-2-6-10-18)13-22(16-20)12-17-7-3-1-4-8-17/h1-10,19-20H,11-16H2. The molecule has 3 nitrogen and oxygen atoms in total. The molecule has 2 saturated heterocycles. The predicted octanol–water partition coefficient (Wildman–Crippen LogP) is 3.17. The summed E-state index contributed by atoms with van der Waals surface area (Å²) in [6.45, 7) is 4.61. The highest BCUT2D eigenvalue weighted by Gasteiger charge is 2.39. The normalized spacial score (nSPS) is 24.2. The number of nitrogens with zero attached hydrogens (tertiary/aromatic N) is 2. The highest BCUT2D eigenvalue weighted by atomic mass is 16.2. The summed E-state index contributed by atoms with van der Waals surface area (Å²) < 4.78 is 0. The number of hydrogen-bond acceptors (Lipinski definition) is 2. The lowest BCUT2D eigenvalue weighted by Gasteiger charge is -2.45. The third-order valence-electron chi connectivity index (χ3n) is 5.22. The van der Waals surface area contributed by atoms with Gasteiger partial charge in [-0.2, -0.15) is 0 Å². The average molecular weight is 320 g/mol. The number of carbonyl (C=O) groups excluding carboxylic acids is 1. The SMILES string of the molecule is O=C1C2CC(CN(Cc3ccccc3)C2)CN1Cc1ccccc1. The molecule has 3 heteroatoms. The second-order valence-corrected chi connectivity index (χ2v) is 7.18. The summed E-state index contributed by atoms with van der Waals surface area (Å²) in [5, 5.41) is 0. The van der Waals surface area contributed by atoms with Gasteiger partial charge in [0.1, 0.15) is 0 Å². The van der Waals surface area contributed by atoms with Gasteiger partial charge in [-0.25, -0.2) is 0 Å². The monoisotopic (exact) mass is 320 g/mol. The number of amides is 1. The van der Waals surface area contributed by atoms with Crippen molar-refractivity contribution in [2.24, 2.45) is 11.8 Å². The summed E-state index contributed by atoms with van der Waals surface area (Å²) in [5.74, 6) is 1.12. The molecule has 4 rings (SSSR count). The lowest BCUT2D eigenvalue weighted by Crippen LogP contribution is -2.55. The van der Waals surface area contributed by atoms with Gasteiger partial charge in [0.25, 0.3) is 0 Å². The molecule has 2 fully saturated rings. The molecule has 124 valence electrons. The fraction of sp³-hybridized carbons (Fsp3) is 0.381. The van der Waals surface area contributed by atoms with E-state index in [0.717, 1.165) is 39.1 Å². The maximum Gasteiger partial charge on any atom is 0.227 e. The molecule has 24 heavy (non-hydrogen) atoms. The quantitative estimate of drug-likeness (QED) is 0.864. The zero-order chi connectivity index (χ0) is 16.4. The maximum atomic E-state index is 12.8. The first kappa shape index (κ1) is 15.4. The van der Waals surface area contributed by atoms with E-state index in [1.165, 1.54) is 11.1 Å². The Balaban J connectivity index is 1.42. The van der Waals surface area contributed by atoms with Gasteiger partial charge >= 0.3 is 0 Å². The molecular formula is C21H24N2O.